The summed E-state index contributed by atoms with van der Waals surface area (Å²) in [6.45, 7) is 1.45. The number of benzene rings is 1. The number of likely N-dealkylation sites (tertiary alicyclic amines) is 1. The SMILES string of the molecule is Cl.O=C(CN1CCC(C(=O)O)C1)NC(c1ccccc1)C1CC1. The van der Waals surface area contributed by atoms with E-state index >= 15 is 0 Å². The van der Waals surface area contributed by atoms with Crippen LogP contribution in [0.25, 0.3) is 0 Å². The van der Waals surface area contributed by atoms with Gasteiger partial charge >= 0.3 is 5.97 Å². The number of nitrogens with zero attached hydrogens (tertiary/aromatic N) is 1. The molecular weight excluding hydrogens is 316 g/mol. The molecule has 2 fully saturated rings. The normalized spacial score (nSPS) is 22.2. The van der Waals surface area contributed by atoms with Gasteiger partial charge in [-0.05, 0) is 37.3 Å². The fraction of sp³-hybridized carbons (Fsp3) is 0.529. The highest BCUT2D eigenvalue weighted by Crippen LogP contribution is 2.40. The van der Waals surface area contributed by atoms with Crippen LogP contribution in [0.1, 0.15) is 30.9 Å². The van der Waals surface area contributed by atoms with Crippen LogP contribution < -0.4 is 5.32 Å². The third-order valence-corrected chi connectivity index (χ3v) is 4.56. The number of halogens is 1. The standard InChI is InChI=1S/C17H22N2O3.ClH/c20-15(11-19-9-8-14(10-19)17(21)22)18-16(13-6-7-13)12-4-2-1-3-5-12;/h1-5,13-14,16H,6-11H2,(H,18,20)(H,21,22);1H. The maximum absolute atomic E-state index is 12.3. The van der Waals surface area contributed by atoms with Gasteiger partial charge in [0.2, 0.25) is 5.91 Å². The maximum Gasteiger partial charge on any atom is 0.307 e. The van der Waals surface area contributed by atoms with Crippen molar-refractivity contribution in [1.82, 2.24) is 10.2 Å². The van der Waals surface area contributed by atoms with Crippen molar-refractivity contribution in [2.24, 2.45) is 11.8 Å². The summed E-state index contributed by atoms with van der Waals surface area (Å²) in [7, 11) is 0. The Kier molecular flexibility index (Phi) is 6.02. The number of nitrogens with one attached hydrogen (secondary N) is 1. The van der Waals surface area contributed by atoms with Crippen LogP contribution in [-0.4, -0.2) is 41.5 Å². The first-order valence-electron chi connectivity index (χ1n) is 7.93. The zero-order valence-corrected chi connectivity index (χ0v) is 13.8. The molecule has 23 heavy (non-hydrogen) atoms. The highest BCUT2D eigenvalue weighted by Gasteiger charge is 2.34. The predicted octanol–water partition coefficient (Wildman–Crippen LogP) is 2.08. The van der Waals surface area contributed by atoms with Crippen LogP contribution >= 0.6 is 12.4 Å². The molecule has 3 rings (SSSR count). The van der Waals surface area contributed by atoms with Crippen LogP contribution in [0.5, 0.6) is 0 Å². The van der Waals surface area contributed by atoms with Crippen molar-refractivity contribution >= 4 is 24.3 Å². The Labute approximate surface area is 142 Å². The zero-order valence-electron chi connectivity index (χ0n) is 13.0. The summed E-state index contributed by atoms with van der Waals surface area (Å²) >= 11 is 0. The van der Waals surface area contributed by atoms with E-state index in [1.165, 1.54) is 0 Å². The summed E-state index contributed by atoms with van der Waals surface area (Å²) < 4.78 is 0. The number of aliphatic carboxylic acids is 1. The Morgan fingerprint density at radius 3 is 2.48 bits per heavy atom. The number of hydrogen-bond acceptors (Lipinski definition) is 3. The van der Waals surface area contributed by atoms with E-state index in [2.05, 4.69) is 17.4 Å². The van der Waals surface area contributed by atoms with Gasteiger partial charge in [-0.3, -0.25) is 14.5 Å². The molecule has 1 aliphatic carbocycles. The lowest BCUT2D eigenvalue weighted by Crippen LogP contribution is -2.39. The molecule has 1 aromatic rings. The summed E-state index contributed by atoms with van der Waals surface area (Å²) in [6, 6.07) is 10.2. The fourth-order valence-electron chi connectivity index (χ4n) is 3.16. The van der Waals surface area contributed by atoms with Crippen LogP contribution in [0, 0.1) is 11.8 Å². The van der Waals surface area contributed by atoms with Crippen LogP contribution in [0.2, 0.25) is 0 Å². The molecule has 5 nitrogen and oxygen atoms in total. The Balaban J connectivity index is 0.00000192. The number of rotatable bonds is 6. The first-order valence-corrected chi connectivity index (χ1v) is 7.93. The van der Waals surface area contributed by atoms with Crippen molar-refractivity contribution in [3.05, 3.63) is 35.9 Å². The van der Waals surface area contributed by atoms with Crippen molar-refractivity contribution < 1.29 is 14.7 Å². The lowest BCUT2D eigenvalue weighted by atomic mass is 10.0. The van der Waals surface area contributed by atoms with Crippen molar-refractivity contribution in [2.75, 3.05) is 19.6 Å². The smallest absolute Gasteiger partial charge is 0.307 e. The average Bonchev–Trinajstić information content (AvgIpc) is 3.24. The van der Waals surface area contributed by atoms with Crippen molar-refractivity contribution in [1.29, 1.82) is 0 Å². The molecule has 1 amide bonds. The molecule has 1 aliphatic heterocycles. The van der Waals surface area contributed by atoms with E-state index < -0.39 is 5.97 Å². The predicted molar refractivity (Wildman–Crippen MR) is 89.5 cm³/mol. The van der Waals surface area contributed by atoms with Gasteiger partial charge in [-0.15, -0.1) is 12.4 Å². The minimum absolute atomic E-state index is 0. The third-order valence-electron chi connectivity index (χ3n) is 4.56. The molecule has 2 atom stereocenters. The number of amides is 1. The molecular formula is C17H23ClN2O3. The largest absolute Gasteiger partial charge is 0.481 e. The molecule has 126 valence electrons. The van der Waals surface area contributed by atoms with E-state index in [0.717, 1.165) is 18.4 Å². The quantitative estimate of drug-likeness (QED) is 0.833. The second-order valence-electron chi connectivity index (χ2n) is 6.35. The number of carboxylic acids is 1. The van der Waals surface area contributed by atoms with Gasteiger partial charge in [0.15, 0.2) is 0 Å². The first-order chi connectivity index (χ1) is 10.6. The number of hydrogen-bond donors (Lipinski definition) is 2. The van der Waals surface area contributed by atoms with Gasteiger partial charge in [0.05, 0.1) is 18.5 Å². The first kappa shape index (κ1) is 17.8. The molecule has 2 N–H and O–H groups in total. The Hall–Kier alpha value is -1.59. The van der Waals surface area contributed by atoms with Crippen LogP contribution in [-0.2, 0) is 9.59 Å². The Bertz CT molecular complexity index is 548. The van der Waals surface area contributed by atoms with Gasteiger partial charge in [-0.25, -0.2) is 0 Å². The molecule has 0 aromatic heterocycles. The highest BCUT2D eigenvalue weighted by molar-refractivity contribution is 5.85. The Morgan fingerprint density at radius 2 is 1.91 bits per heavy atom. The van der Waals surface area contributed by atoms with E-state index in [4.69, 9.17) is 5.11 Å². The second-order valence-corrected chi connectivity index (χ2v) is 6.35. The zero-order chi connectivity index (χ0) is 15.5. The molecule has 1 saturated heterocycles. The summed E-state index contributed by atoms with van der Waals surface area (Å²) in [5, 5.41) is 12.2. The topological polar surface area (TPSA) is 69.6 Å². The third kappa shape index (κ3) is 4.69. The summed E-state index contributed by atoms with van der Waals surface area (Å²) in [5.41, 5.74) is 1.16. The van der Waals surface area contributed by atoms with Gasteiger partial charge in [0.1, 0.15) is 0 Å². The maximum atomic E-state index is 12.3. The van der Waals surface area contributed by atoms with E-state index in [-0.39, 0.29) is 30.3 Å². The van der Waals surface area contributed by atoms with Crippen molar-refractivity contribution in [3.8, 4) is 0 Å². The fourth-order valence-corrected chi connectivity index (χ4v) is 3.16. The molecule has 1 aromatic carbocycles. The molecule has 0 spiro atoms. The lowest BCUT2D eigenvalue weighted by molar-refractivity contribution is -0.141. The monoisotopic (exact) mass is 338 g/mol. The van der Waals surface area contributed by atoms with Crippen LogP contribution in [0.3, 0.4) is 0 Å². The average molecular weight is 339 g/mol. The lowest BCUT2D eigenvalue weighted by Gasteiger charge is -2.21. The molecule has 0 radical (unpaired) electrons. The summed E-state index contributed by atoms with van der Waals surface area (Å²) in [6.07, 6.45) is 2.95. The van der Waals surface area contributed by atoms with E-state index in [0.29, 0.717) is 32.0 Å². The molecule has 2 aliphatic rings. The second kappa shape index (κ2) is 7.79. The van der Waals surface area contributed by atoms with Crippen molar-refractivity contribution in [2.45, 2.75) is 25.3 Å². The Morgan fingerprint density at radius 1 is 1.22 bits per heavy atom. The highest BCUT2D eigenvalue weighted by atomic mass is 35.5. The molecule has 2 unspecified atom stereocenters. The minimum atomic E-state index is -0.761. The molecule has 6 heteroatoms. The van der Waals surface area contributed by atoms with Gasteiger partial charge in [0.25, 0.3) is 0 Å². The van der Waals surface area contributed by atoms with Crippen LogP contribution in [0.4, 0.5) is 0 Å². The van der Waals surface area contributed by atoms with Gasteiger partial charge in [-0.2, -0.15) is 0 Å². The number of carbonyl (C=O) groups excluding carboxylic acids is 1. The molecule has 1 heterocycles. The summed E-state index contributed by atoms with van der Waals surface area (Å²) in [4.78, 5) is 25.2. The van der Waals surface area contributed by atoms with Gasteiger partial charge in [-0.1, -0.05) is 30.3 Å². The molecule has 1 saturated carbocycles. The van der Waals surface area contributed by atoms with Crippen molar-refractivity contribution in [3.63, 3.8) is 0 Å². The van der Waals surface area contributed by atoms with Crippen LogP contribution in [0.15, 0.2) is 30.3 Å². The summed E-state index contributed by atoms with van der Waals surface area (Å²) in [5.74, 6) is -0.562. The van der Waals surface area contributed by atoms with E-state index in [9.17, 15) is 9.59 Å². The minimum Gasteiger partial charge on any atom is -0.481 e. The number of carbonyl (C=O) groups is 2. The van der Waals surface area contributed by atoms with Gasteiger partial charge < -0.3 is 10.4 Å². The van der Waals surface area contributed by atoms with E-state index in [1.807, 2.05) is 23.1 Å². The number of carboxylic acid groups (broad SMARTS) is 1. The van der Waals surface area contributed by atoms with Gasteiger partial charge in [0, 0.05) is 6.54 Å². The van der Waals surface area contributed by atoms with E-state index in [1.54, 1.807) is 0 Å². The molecule has 0 bridgehead atoms.